The number of halogens is 1. The lowest BCUT2D eigenvalue weighted by Gasteiger charge is -2.21. The maximum atomic E-state index is 12.1. The lowest BCUT2D eigenvalue weighted by Crippen LogP contribution is -2.34. The molecule has 0 atom stereocenters. The van der Waals surface area contributed by atoms with Crippen molar-refractivity contribution in [3.8, 4) is 0 Å². The van der Waals surface area contributed by atoms with Gasteiger partial charge in [0.15, 0.2) is 0 Å². The first-order valence-electron chi connectivity index (χ1n) is 5.35. The van der Waals surface area contributed by atoms with E-state index in [1.54, 1.807) is 29.2 Å². The fourth-order valence-electron chi connectivity index (χ4n) is 1.51. The van der Waals surface area contributed by atoms with E-state index in [9.17, 15) is 4.79 Å². The van der Waals surface area contributed by atoms with E-state index in [1.807, 2.05) is 6.92 Å². The zero-order valence-electron chi connectivity index (χ0n) is 9.32. The zero-order valence-corrected chi connectivity index (χ0v) is 10.1. The van der Waals surface area contributed by atoms with Crippen LogP contribution in [0, 0.1) is 0 Å². The highest BCUT2D eigenvalue weighted by Gasteiger charge is 2.16. The largest absolute Gasteiger partial charge is 0.395 e. The second-order valence-corrected chi connectivity index (χ2v) is 3.90. The molecular weight excluding hydrogens is 226 g/mol. The van der Waals surface area contributed by atoms with Crippen LogP contribution in [-0.2, 0) is 0 Å². The molecule has 0 saturated carbocycles. The number of nitrogens with zero attached hydrogens (tertiary/aromatic N) is 1. The highest BCUT2D eigenvalue weighted by Crippen LogP contribution is 2.17. The number of hydrogen-bond acceptors (Lipinski definition) is 2. The van der Waals surface area contributed by atoms with Crippen LogP contribution in [0.3, 0.4) is 0 Å². The summed E-state index contributed by atoms with van der Waals surface area (Å²) in [6, 6.07) is 6.96. The summed E-state index contributed by atoms with van der Waals surface area (Å²) in [6.07, 6.45) is 0.857. The Labute approximate surface area is 101 Å². The summed E-state index contributed by atoms with van der Waals surface area (Å²) in [7, 11) is 0. The van der Waals surface area contributed by atoms with Gasteiger partial charge in [0, 0.05) is 13.1 Å². The van der Waals surface area contributed by atoms with Crippen LogP contribution in [0.5, 0.6) is 0 Å². The topological polar surface area (TPSA) is 40.5 Å². The average molecular weight is 242 g/mol. The number of carbonyl (C=O) groups is 1. The minimum absolute atomic E-state index is 0.0316. The second-order valence-electron chi connectivity index (χ2n) is 3.50. The first-order valence-corrected chi connectivity index (χ1v) is 5.73. The van der Waals surface area contributed by atoms with Crippen molar-refractivity contribution in [2.24, 2.45) is 0 Å². The molecule has 16 heavy (non-hydrogen) atoms. The van der Waals surface area contributed by atoms with Crippen LogP contribution >= 0.6 is 11.6 Å². The number of amides is 1. The number of benzene rings is 1. The van der Waals surface area contributed by atoms with Gasteiger partial charge in [-0.15, -0.1) is 0 Å². The van der Waals surface area contributed by atoms with Crippen molar-refractivity contribution in [3.05, 3.63) is 34.9 Å². The smallest absolute Gasteiger partial charge is 0.255 e. The molecule has 0 aliphatic carbocycles. The molecule has 3 nitrogen and oxygen atoms in total. The standard InChI is InChI=1S/C12H16ClNO2/c1-2-7-14(8-9-15)12(16)10-5-3-4-6-11(10)13/h3-6,15H,2,7-9H2,1H3. The minimum Gasteiger partial charge on any atom is -0.395 e. The minimum atomic E-state index is -0.124. The molecule has 0 fully saturated rings. The van der Waals surface area contributed by atoms with Crippen LogP contribution < -0.4 is 0 Å². The van der Waals surface area contributed by atoms with Gasteiger partial charge in [0.1, 0.15) is 0 Å². The Bertz CT molecular complexity index is 349. The monoisotopic (exact) mass is 241 g/mol. The Kier molecular flexibility index (Phi) is 5.29. The Hall–Kier alpha value is -1.06. The third-order valence-corrected chi connectivity index (χ3v) is 2.58. The van der Waals surface area contributed by atoms with E-state index >= 15 is 0 Å². The first kappa shape index (κ1) is 13.0. The van der Waals surface area contributed by atoms with Crippen molar-refractivity contribution in [2.75, 3.05) is 19.7 Å². The molecule has 0 saturated heterocycles. The van der Waals surface area contributed by atoms with Gasteiger partial charge < -0.3 is 10.0 Å². The molecule has 1 aromatic rings. The van der Waals surface area contributed by atoms with Gasteiger partial charge in [-0.05, 0) is 18.6 Å². The Morgan fingerprint density at radius 2 is 2.06 bits per heavy atom. The molecule has 1 amide bonds. The van der Waals surface area contributed by atoms with Gasteiger partial charge in [0.05, 0.1) is 17.2 Å². The SMILES string of the molecule is CCCN(CCO)C(=O)c1ccccc1Cl. The number of rotatable bonds is 5. The Morgan fingerprint density at radius 3 is 2.62 bits per heavy atom. The molecule has 0 aliphatic heterocycles. The maximum Gasteiger partial charge on any atom is 0.255 e. The average Bonchev–Trinajstić information content (AvgIpc) is 2.28. The summed E-state index contributed by atoms with van der Waals surface area (Å²) in [4.78, 5) is 13.7. The van der Waals surface area contributed by atoms with E-state index in [1.165, 1.54) is 0 Å². The molecule has 1 aromatic carbocycles. The van der Waals surface area contributed by atoms with Crippen LogP contribution in [-0.4, -0.2) is 35.6 Å². The van der Waals surface area contributed by atoms with Crippen molar-refractivity contribution in [2.45, 2.75) is 13.3 Å². The maximum absolute atomic E-state index is 12.1. The van der Waals surface area contributed by atoms with E-state index in [2.05, 4.69) is 0 Å². The van der Waals surface area contributed by atoms with E-state index in [0.717, 1.165) is 6.42 Å². The van der Waals surface area contributed by atoms with E-state index in [0.29, 0.717) is 23.7 Å². The molecule has 0 aromatic heterocycles. The van der Waals surface area contributed by atoms with Gasteiger partial charge in [-0.1, -0.05) is 30.7 Å². The van der Waals surface area contributed by atoms with E-state index < -0.39 is 0 Å². The molecular formula is C12H16ClNO2. The molecule has 4 heteroatoms. The van der Waals surface area contributed by atoms with Crippen molar-refractivity contribution in [1.82, 2.24) is 4.90 Å². The Morgan fingerprint density at radius 1 is 1.38 bits per heavy atom. The van der Waals surface area contributed by atoms with Gasteiger partial charge in [-0.3, -0.25) is 4.79 Å². The fraction of sp³-hybridized carbons (Fsp3) is 0.417. The third-order valence-electron chi connectivity index (χ3n) is 2.25. The molecule has 0 radical (unpaired) electrons. The number of aliphatic hydroxyl groups is 1. The predicted octanol–water partition coefficient (Wildman–Crippen LogP) is 2.18. The first-order chi connectivity index (χ1) is 7.70. The van der Waals surface area contributed by atoms with Crippen molar-refractivity contribution >= 4 is 17.5 Å². The lowest BCUT2D eigenvalue weighted by atomic mass is 10.2. The molecule has 0 aliphatic rings. The van der Waals surface area contributed by atoms with Gasteiger partial charge >= 0.3 is 0 Å². The molecule has 0 bridgehead atoms. The molecule has 0 unspecified atom stereocenters. The van der Waals surface area contributed by atoms with Crippen LogP contribution in [0.25, 0.3) is 0 Å². The summed E-state index contributed by atoms with van der Waals surface area (Å²) in [5, 5.41) is 9.35. The summed E-state index contributed by atoms with van der Waals surface area (Å²) in [5.41, 5.74) is 0.492. The van der Waals surface area contributed by atoms with Crippen LogP contribution in [0.15, 0.2) is 24.3 Å². The predicted molar refractivity (Wildman–Crippen MR) is 64.7 cm³/mol. The number of carbonyl (C=O) groups excluding carboxylic acids is 1. The fourth-order valence-corrected chi connectivity index (χ4v) is 1.73. The quantitative estimate of drug-likeness (QED) is 0.859. The molecule has 88 valence electrons. The molecule has 0 spiro atoms. The van der Waals surface area contributed by atoms with Crippen molar-refractivity contribution in [3.63, 3.8) is 0 Å². The second kappa shape index (κ2) is 6.51. The van der Waals surface area contributed by atoms with Gasteiger partial charge in [-0.25, -0.2) is 0 Å². The van der Waals surface area contributed by atoms with Gasteiger partial charge in [-0.2, -0.15) is 0 Å². The van der Waals surface area contributed by atoms with Gasteiger partial charge in [0.25, 0.3) is 5.91 Å². The summed E-state index contributed by atoms with van der Waals surface area (Å²) >= 11 is 5.95. The lowest BCUT2D eigenvalue weighted by molar-refractivity contribution is 0.0722. The molecule has 1 N–H and O–H groups in total. The Balaban J connectivity index is 2.85. The van der Waals surface area contributed by atoms with Crippen LogP contribution in [0.4, 0.5) is 0 Å². The van der Waals surface area contributed by atoms with Crippen LogP contribution in [0.2, 0.25) is 5.02 Å². The van der Waals surface area contributed by atoms with E-state index in [4.69, 9.17) is 16.7 Å². The summed E-state index contributed by atoms with van der Waals surface area (Å²) in [5.74, 6) is -0.124. The zero-order chi connectivity index (χ0) is 12.0. The normalized spacial score (nSPS) is 10.2. The number of hydrogen-bond donors (Lipinski definition) is 1. The van der Waals surface area contributed by atoms with Crippen molar-refractivity contribution < 1.29 is 9.90 Å². The van der Waals surface area contributed by atoms with E-state index in [-0.39, 0.29) is 12.5 Å². The highest BCUT2D eigenvalue weighted by atomic mass is 35.5. The summed E-state index contributed by atoms with van der Waals surface area (Å²) < 4.78 is 0. The van der Waals surface area contributed by atoms with Crippen molar-refractivity contribution in [1.29, 1.82) is 0 Å². The van der Waals surface area contributed by atoms with Crippen LogP contribution in [0.1, 0.15) is 23.7 Å². The molecule has 0 heterocycles. The number of aliphatic hydroxyl groups excluding tert-OH is 1. The van der Waals surface area contributed by atoms with Gasteiger partial charge in [0.2, 0.25) is 0 Å². The highest BCUT2D eigenvalue weighted by molar-refractivity contribution is 6.33. The summed E-state index contributed by atoms with van der Waals surface area (Å²) in [6.45, 7) is 2.93. The third kappa shape index (κ3) is 3.22. The molecule has 1 rings (SSSR count).